The van der Waals surface area contributed by atoms with Crippen molar-refractivity contribution < 1.29 is 4.79 Å². The lowest BCUT2D eigenvalue weighted by atomic mass is 10.0. The van der Waals surface area contributed by atoms with Gasteiger partial charge in [0.05, 0.1) is 16.1 Å². The maximum Gasteiger partial charge on any atom is 0.239 e. The first-order valence-electron chi connectivity index (χ1n) is 5.78. The number of halogens is 2. The molecule has 0 saturated carbocycles. The predicted molar refractivity (Wildman–Crippen MR) is 75.7 cm³/mol. The van der Waals surface area contributed by atoms with Crippen LogP contribution >= 0.6 is 23.2 Å². The van der Waals surface area contributed by atoms with E-state index in [2.05, 4.69) is 0 Å². The van der Waals surface area contributed by atoms with Gasteiger partial charge in [0.15, 0.2) is 0 Å². The van der Waals surface area contributed by atoms with Crippen LogP contribution in [0.4, 0.5) is 0 Å². The lowest BCUT2D eigenvalue weighted by Crippen LogP contribution is -2.44. The third kappa shape index (κ3) is 3.61. The maximum absolute atomic E-state index is 12.0. The highest BCUT2D eigenvalue weighted by Gasteiger charge is 2.21. The summed E-state index contributed by atoms with van der Waals surface area (Å²) < 4.78 is 0. The quantitative estimate of drug-likeness (QED) is 0.926. The molecular weight excluding hydrogens is 271 g/mol. The van der Waals surface area contributed by atoms with Crippen molar-refractivity contribution in [2.75, 3.05) is 7.05 Å². The van der Waals surface area contributed by atoms with E-state index in [9.17, 15) is 4.79 Å². The highest BCUT2D eigenvalue weighted by molar-refractivity contribution is 6.42. The molecule has 0 unspecified atom stereocenters. The summed E-state index contributed by atoms with van der Waals surface area (Å²) in [5, 5.41) is 0.972. The third-order valence-corrected chi connectivity index (χ3v) is 3.68. The molecule has 3 nitrogen and oxygen atoms in total. The van der Waals surface area contributed by atoms with Crippen molar-refractivity contribution in [2.45, 2.75) is 26.4 Å². The third-order valence-electron chi connectivity index (χ3n) is 2.82. The number of carbonyl (C=O) groups excluding carboxylic acids is 1. The molecule has 0 bridgehead atoms. The second kappa shape index (κ2) is 6.41. The van der Waals surface area contributed by atoms with Crippen molar-refractivity contribution in [3.05, 3.63) is 33.8 Å². The van der Waals surface area contributed by atoms with Gasteiger partial charge in [-0.15, -0.1) is 0 Å². The van der Waals surface area contributed by atoms with E-state index in [4.69, 9.17) is 28.9 Å². The van der Waals surface area contributed by atoms with Crippen LogP contribution < -0.4 is 5.73 Å². The van der Waals surface area contributed by atoms with E-state index in [1.165, 1.54) is 0 Å². The second-order valence-corrected chi connectivity index (χ2v) is 5.46. The number of nitrogens with two attached hydrogens (primary N) is 1. The molecule has 0 spiro atoms. The van der Waals surface area contributed by atoms with Gasteiger partial charge in [0.1, 0.15) is 0 Å². The van der Waals surface area contributed by atoms with E-state index >= 15 is 0 Å². The Balaban J connectivity index is 2.79. The van der Waals surface area contributed by atoms with Crippen LogP contribution in [0.1, 0.15) is 19.4 Å². The summed E-state index contributed by atoms with van der Waals surface area (Å²) in [5.74, 6) is 0.0100. The molecule has 5 heteroatoms. The van der Waals surface area contributed by atoms with Crippen molar-refractivity contribution in [3.8, 4) is 0 Å². The number of benzene rings is 1. The van der Waals surface area contributed by atoms with Crippen LogP contribution in [-0.4, -0.2) is 23.9 Å². The molecule has 0 saturated heterocycles. The van der Waals surface area contributed by atoms with Gasteiger partial charge in [-0.25, -0.2) is 0 Å². The Bertz CT molecular complexity index is 435. The standard InChI is InChI=1S/C13H18Cl2N2O/c1-8(2)12(16)13(18)17(3)7-9-5-4-6-10(14)11(9)15/h4-6,8,12H,7,16H2,1-3H3/t12-/m1/s1. The summed E-state index contributed by atoms with van der Waals surface area (Å²) in [7, 11) is 1.71. The van der Waals surface area contributed by atoms with Gasteiger partial charge < -0.3 is 10.6 Å². The topological polar surface area (TPSA) is 46.3 Å². The average molecular weight is 289 g/mol. The Morgan fingerprint density at radius 1 is 1.39 bits per heavy atom. The van der Waals surface area contributed by atoms with Crippen LogP contribution in [0.25, 0.3) is 0 Å². The molecule has 0 aromatic heterocycles. The van der Waals surface area contributed by atoms with Gasteiger partial charge in [-0.2, -0.15) is 0 Å². The molecule has 1 aromatic carbocycles. The zero-order valence-electron chi connectivity index (χ0n) is 10.8. The van der Waals surface area contributed by atoms with E-state index in [-0.39, 0.29) is 11.8 Å². The SMILES string of the molecule is CC(C)[C@@H](N)C(=O)N(C)Cc1cccc(Cl)c1Cl. The summed E-state index contributed by atoms with van der Waals surface area (Å²) in [6, 6.07) is 4.88. The summed E-state index contributed by atoms with van der Waals surface area (Å²) in [6.07, 6.45) is 0. The molecule has 0 fully saturated rings. The highest BCUT2D eigenvalue weighted by Crippen LogP contribution is 2.26. The molecule has 0 heterocycles. The van der Waals surface area contributed by atoms with E-state index < -0.39 is 6.04 Å². The highest BCUT2D eigenvalue weighted by atomic mass is 35.5. The van der Waals surface area contributed by atoms with Crippen molar-refractivity contribution in [1.82, 2.24) is 4.90 Å². The van der Waals surface area contributed by atoms with Gasteiger partial charge in [0.25, 0.3) is 0 Å². The Labute approximate surface area is 118 Å². The fourth-order valence-corrected chi connectivity index (χ4v) is 1.92. The molecule has 0 radical (unpaired) electrons. The van der Waals surface area contributed by atoms with Crippen LogP contribution in [0.15, 0.2) is 18.2 Å². The zero-order chi connectivity index (χ0) is 13.9. The smallest absolute Gasteiger partial charge is 0.239 e. The van der Waals surface area contributed by atoms with Crippen molar-refractivity contribution >= 4 is 29.1 Å². The number of nitrogens with zero attached hydrogens (tertiary/aromatic N) is 1. The molecule has 1 rings (SSSR count). The predicted octanol–water partition coefficient (Wildman–Crippen LogP) is 2.94. The molecule has 0 aliphatic heterocycles. The summed E-state index contributed by atoms with van der Waals surface area (Å²) in [5.41, 5.74) is 6.65. The summed E-state index contributed by atoms with van der Waals surface area (Å²) in [6.45, 7) is 4.24. The van der Waals surface area contributed by atoms with Gasteiger partial charge >= 0.3 is 0 Å². The zero-order valence-corrected chi connectivity index (χ0v) is 12.3. The first-order valence-corrected chi connectivity index (χ1v) is 6.53. The van der Waals surface area contributed by atoms with Crippen LogP contribution in [-0.2, 0) is 11.3 Å². The van der Waals surface area contributed by atoms with E-state index in [1.54, 1.807) is 18.0 Å². The minimum atomic E-state index is -0.493. The Morgan fingerprint density at radius 2 is 2.00 bits per heavy atom. The number of likely N-dealkylation sites (N-methyl/N-ethyl adjacent to an activating group) is 1. The van der Waals surface area contributed by atoms with Gasteiger partial charge in [-0.3, -0.25) is 4.79 Å². The first kappa shape index (κ1) is 15.3. The lowest BCUT2D eigenvalue weighted by molar-refractivity contribution is -0.132. The summed E-state index contributed by atoms with van der Waals surface area (Å²) in [4.78, 5) is 13.6. The first-order chi connectivity index (χ1) is 8.34. The van der Waals surface area contributed by atoms with Crippen molar-refractivity contribution in [1.29, 1.82) is 0 Å². The molecule has 2 N–H and O–H groups in total. The van der Waals surface area contributed by atoms with E-state index in [0.29, 0.717) is 16.6 Å². The van der Waals surface area contributed by atoms with E-state index in [1.807, 2.05) is 26.0 Å². The second-order valence-electron chi connectivity index (χ2n) is 4.68. The lowest BCUT2D eigenvalue weighted by Gasteiger charge is -2.24. The van der Waals surface area contributed by atoms with Gasteiger partial charge in [-0.05, 0) is 17.5 Å². The fraction of sp³-hybridized carbons (Fsp3) is 0.462. The van der Waals surface area contributed by atoms with Crippen LogP contribution in [0.3, 0.4) is 0 Å². The summed E-state index contributed by atoms with van der Waals surface area (Å²) >= 11 is 12.0. The largest absolute Gasteiger partial charge is 0.340 e. The van der Waals surface area contributed by atoms with Gasteiger partial charge in [0, 0.05) is 13.6 Å². The number of hydrogen-bond acceptors (Lipinski definition) is 2. The minimum absolute atomic E-state index is 0.0963. The van der Waals surface area contributed by atoms with Gasteiger partial charge in [-0.1, -0.05) is 49.2 Å². The Kier molecular flexibility index (Phi) is 5.45. The minimum Gasteiger partial charge on any atom is -0.340 e. The molecule has 0 aliphatic carbocycles. The molecule has 1 amide bonds. The van der Waals surface area contributed by atoms with Gasteiger partial charge in [0.2, 0.25) is 5.91 Å². The van der Waals surface area contributed by atoms with Crippen molar-refractivity contribution in [2.24, 2.45) is 11.7 Å². The number of rotatable bonds is 4. The van der Waals surface area contributed by atoms with Crippen LogP contribution in [0, 0.1) is 5.92 Å². The Hall–Kier alpha value is -0.770. The van der Waals surface area contributed by atoms with Crippen LogP contribution in [0.5, 0.6) is 0 Å². The maximum atomic E-state index is 12.0. The number of carbonyl (C=O) groups is 1. The Morgan fingerprint density at radius 3 is 2.56 bits per heavy atom. The average Bonchev–Trinajstić information content (AvgIpc) is 2.32. The van der Waals surface area contributed by atoms with E-state index in [0.717, 1.165) is 5.56 Å². The fourth-order valence-electron chi connectivity index (χ4n) is 1.54. The number of amides is 1. The molecule has 1 atom stereocenters. The van der Waals surface area contributed by atoms with Crippen molar-refractivity contribution in [3.63, 3.8) is 0 Å². The molecule has 100 valence electrons. The molecule has 18 heavy (non-hydrogen) atoms. The molecular formula is C13H18Cl2N2O. The molecule has 1 aromatic rings. The van der Waals surface area contributed by atoms with Crippen LogP contribution in [0.2, 0.25) is 10.0 Å². The normalized spacial score (nSPS) is 12.6. The number of hydrogen-bond donors (Lipinski definition) is 1. The monoisotopic (exact) mass is 288 g/mol. The molecule has 0 aliphatic rings.